The fourth-order valence-corrected chi connectivity index (χ4v) is 6.74. The van der Waals surface area contributed by atoms with Crippen molar-refractivity contribution in [3.63, 3.8) is 0 Å². The van der Waals surface area contributed by atoms with E-state index in [0.29, 0.717) is 27.2 Å². The van der Waals surface area contributed by atoms with Gasteiger partial charge in [-0.15, -0.1) is 0 Å². The summed E-state index contributed by atoms with van der Waals surface area (Å²) in [5.74, 6) is -0.479. The van der Waals surface area contributed by atoms with Gasteiger partial charge in [-0.1, -0.05) is 51.3 Å². The molecule has 5 rings (SSSR count). The lowest BCUT2D eigenvalue weighted by molar-refractivity contribution is -0.138. The van der Waals surface area contributed by atoms with Crippen LogP contribution in [-0.4, -0.2) is 31.2 Å². The Hall–Kier alpha value is -3.67. The maximum Gasteiger partial charge on any atom is 0.340 e. The van der Waals surface area contributed by atoms with Crippen molar-refractivity contribution in [3.05, 3.63) is 133 Å². The largest absolute Gasteiger partial charge is 0.462 e. The Bertz CT molecular complexity index is 1900. The summed E-state index contributed by atoms with van der Waals surface area (Å²) in [5.41, 5.74) is 1.94. The third kappa shape index (κ3) is 7.26. The van der Waals surface area contributed by atoms with Gasteiger partial charge in [-0.05, 0) is 98.3 Å². The Labute approximate surface area is 279 Å². The molecule has 3 aromatic carbocycles. The van der Waals surface area contributed by atoms with Crippen molar-refractivity contribution < 1.29 is 27.2 Å². The first-order chi connectivity index (χ1) is 21.5. The van der Waals surface area contributed by atoms with Gasteiger partial charge in [0.05, 0.1) is 29.2 Å². The quantitative estimate of drug-likeness (QED) is 0.121. The molecule has 45 heavy (non-hydrogen) atoms. The number of allylic oxidation sites excluding steroid dienone is 1. The van der Waals surface area contributed by atoms with Gasteiger partial charge in [0.25, 0.3) is 5.91 Å². The van der Waals surface area contributed by atoms with E-state index in [0.717, 1.165) is 10.0 Å². The molecule has 0 aliphatic carbocycles. The molecule has 0 atom stereocenters. The van der Waals surface area contributed by atoms with Gasteiger partial charge in [0.15, 0.2) is 0 Å². The molecule has 0 unspecified atom stereocenters. The molecule has 0 saturated heterocycles. The third-order valence-electron chi connectivity index (χ3n) is 6.99. The highest BCUT2D eigenvalue weighted by molar-refractivity contribution is 9.10. The Kier molecular flexibility index (Phi) is 10.0. The van der Waals surface area contributed by atoms with E-state index in [-0.39, 0.29) is 41.5 Å². The van der Waals surface area contributed by atoms with Gasteiger partial charge < -0.3 is 9.15 Å². The maximum atomic E-state index is 13.7. The fourth-order valence-electron chi connectivity index (χ4n) is 4.83. The van der Waals surface area contributed by atoms with E-state index < -0.39 is 21.9 Å². The number of esters is 1. The molecule has 0 saturated carbocycles. The first kappa shape index (κ1) is 32.7. The lowest BCUT2D eigenvalue weighted by Gasteiger charge is -2.21. The summed E-state index contributed by atoms with van der Waals surface area (Å²) in [5, 5.41) is 0.940. The van der Waals surface area contributed by atoms with E-state index in [1.807, 2.05) is 0 Å². The molecule has 0 N–H and O–H groups in total. The lowest BCUT2D eigenvalue weighted by Crippen LogP contribution is -2.30. The van der Waals surface area contributed by atoms with Crippen molar-refractivity contribution in [2.75, 3.05) is 11.5 Å². The van der Waals surface area contributed by atoms with E-state index in [9.17, 15) is 18.0 Å². The predicted octanol–water partition coefficient (Wildman–Crippen LogP) is 8.01. The number of carbonyl (C=O) groups is 2. The second kappa shape index (κ2) is 13.8. The van der Waals surface area contributed by atoms with Crippen molar-refractivity contribution in [2.24, 2.45) is 0 Å². The summed E-state index contributed by atoms with van der Waals surface area (Å²) < 4.78 is 40.9. The summed E-state index contributed by atoms with van der Waals surface area (Å²) in [7, 11) is -3.99. The van der Waals surface area contributed by atoms with Gasteiger partial charge >= 0.3 is 5.97 Å². The average molecular weight is 730 g/mol. The van der Waals surface area contributed by atoms with Crippen LogP contribution in [0.15, 0.2) is 116 Å². The summed E-state index contributed by atoms with van der Waals surface area (Å²) in [6.45, 7) is 3.42. The van der Waals surface area contributed by atoms with Gasteiger partial charge in [0.2, 0.25) is 10.0 Å². The van der Waals surface area contributed by atoms with Gasteiger partial charge in [0, 0.05) is 32.4 Å². The SMILES string of the molecule is CCOC(=O)C1=C(C)N(c2ccc(Br)cc2)C(=O)/C1=C/c1ccc(CN(Cc2ccc(Cl)cc2)S(=O)(=O)c2ccc(Cl)cc2)o1. The van der Waals surface area contributed by atoms with Crippen molar-refractivity contribution >= 4 is 72.8 Å². The summed E-state index contributed by atoms with van der Waals surface area (Å²) in [6, 6.07) is 23.2. The molecule has 0 spiro atoms. The molecule has 0 bridgehead atoms. The second-order valence-electron chi connectivity index (χ2n) is 10.0. The van der Waals surface area contributed by atoms with E-state index in [4.69, 9.17) is 32.4 Å². The van der Waals surface area contributed by atoms with E-state index in [1.54, 1.807) is 74.5 Å². The molecule has 1 amide bonds. The van der Waals surface area contributed by atoms with Crippen molar-refractivity contribution in [2.45, 2.75) is 31.8 Å². The highest BCUT2D eigenvalue weighted by Gasteiger charge is 2.38. The molecule has 1 aromatic heterocycles. The van der Waals surface area contributed by atoms with Crippen molar-refractivity contribution in [3.8, 4) is 0 Å². The molecule has 232 valence electrons. The topological polar surface area (TPSA) is 97.1 Å². The second-order valence-corrected chi connectivity index (χ2v) is 13.7. The number of nitrogens with zero attached hydrogens (tertiary/aromatic N) is 2. The third-order valence-corrected chi connectivity index (χ3v) is 9.83. The minimum atomic E-state index is -3.99. The van der Waals surface area contributed by atoms with E-state index in [2.05, 4.69) is 15.9 Å². The summed E-state index contributed by atoms with van der Waals surface area (Å²) in [4.78, 5) is 28.2. The molecule has 8 nitrogen and oxygen atoms in total. The number of furan rings is 1. The van der Waals surface area contributed by atoms with Gasteiger partial charge in [-0.25, -0.2) is 13.2 Å². The molecule has 1 aliphatic rings. The number of benzene rings is 3. The van der Waals surface area contributed by atoms with Gasteiger partial charge in [-0.2, -0.15) is 4.31 Å². The van der Waals surface area contributed by atoms with Crippen LogP contribution >= 0.6 is 39.1 Å². The molecule has 0 radical (unpaired) electrons. The zero-order valence-electron chi connectivity index (χ0n) is 24.2. The Morgan fingerprint density at radius 2 is 1.56 bits per heavy atom. The number of anilines is 1. The molecular formula is C33H27BrCl2N2O6S. The highest BCUT2D eigenvalue weighted by atomic mass is 79.9. The molecule has 1 aliphatic heterocycles. The number of carbonyl (C=O) groups excluding carboxylic acids is 2. The van der Waals surface area contributed by atoms with Gasteiger partial charge in [-0.3, -0.25) is 9.69 Å². The fraction of sp³-hybridized carbons (Fsp3) is 0.152. The van der Waals surface area contributed by atoms with Crippen LogP contribution in [0.25, 0.3) is 6.08 Å². The maximum absolute atomic E-state index is 13.7. The summed E-state index contributed by atoms with van der Waals surface area (Å²) in [6.07, 6.45) is 1.47. The minimum Gasteiger partial charge on any atom is -0.462 e. The highest BCUT2D eigenvalue weighted by Crippen LogP contribution is 2.36. The zero-order chi connectivity index (χ0) is 32.3. The van der Waals surface area contributed by atoms with Crippen LogP contribution in [0.1, 0.15) is 30.9 Å². The number of sulfonamides is 1. The normalized spacial score (nSPS) is 14.6. The number of hydrogen-bond donors (Lipinski definition) is 0. The average Bonchev–Trinajstić information content (AvgIpc) is 3.55. The smallest absolute Gasteiger partial charge is 0.340 e. The minimum absolute atomic E-state index is 0.0365. The summed E-state index contributed by atoms with van der Waals surface area (Å²) >= 11 is 15.4. The van der Waals surface area contributed by atoms with Crippen LogP contribution in [0.3, 0.4) is 0 Å². The standard InChI is InChI=1S/C33H27BrCl2N2O6S/c1-3-43-33(40)31-21(2)38(26-12-6-23(34)7-13-26)32(39)30(31)18-27-14-15-28(44-27)20-37(19-22-4-8-24(35)9-5-22)45(41,42)29-16-10-25(36)11-17-29/h4-18H,3,19-20H2,1-2H3/b30-18+. The first-order valence-corrected chi connectivity index (χ1v) is 16.8. The number of amides is 1. The Morgan fingerprint density at radius 3 is 2.18 bits per heavy atom. The molecular weight excluding hydrogens is 703 g/mol. The molecule has 4 aromatic rings. The van der Waals surface area contributed by atoms with Crippen LogP contribution in [-0.2, 0) is 37.4 Å². The van der Waals surface area contributed by atoms with Crippen molar-refractivity contribution in [1.82, 2.24) is 4.31 Å². The van der Waals surface area contributed by atoms with Crippen LogP contribution in [0, 0.1) is 0 Å². The Balaban J connectivity index is 1.48. The monoisotopic (exact) mass is 728 g/mol. The van der Waals surface area contributed by atoms with Crippen molar-refractivity contribution in [1.29, 1.82) is 0 Å². The number of ether oxygens (including phenoxy) is 1. The Morgan fingerprint density at radius 1 is 0.933 bits per heavy atom. The number of halogens is 3. The molecule has 2 heterocycles. The zero-order valence-corrected chi connectivity index (χ0v) is 28.1. The number of hydrogen-bond acceptors (Lipinski definition) is 6. The van der Waals surface area contributed by atoms with E-state index in [1.165, 1.54) is 39.5 Å². The van der Waals surface area contributed by atoms with E-state index >= 15 is 0 Å². The van der Waals surface area contributed by atoms with Gasteiger partial charge in [0.1, 0.15) is 11.5 Å². The van der Waals surface area contributed by atoms with Crippen LogP contribution < -0.4 is 4.90 Å². The lowest BCUT2D eigenvalue weighted by atomic mass is 10.1. The number of rotatable bonds is 10. The van der Waals surface area contributed by atoms with Crippen LogP contribution in [0.2, 0.25) is 10.0 Å². The first-order valence-electron chi connectivity index (χ1n) is 13.8. The van der Waals surface area contributed by atoms with Crippen LogP contribution in [0.5, 0.6) is 0 Å². The molecule has 0 fully saturated rings. The van der Waals surface area contributed by atoms with Crippen LogP contribution in [0.4, 0.5) is 5.69 Å². The molecule has 12 heteroatoms. The predicted molar refractivity (Wildman–Crippen MR) is 177 cm³/mol.